The fourth-order valence-corrected chi connectivity index (χ4v) is 3.76. The molecule has 1 amide bonds. The zero-order chi connectivity index (χ0) is 21.9. The molecule has 162 valence electrons. The van der Waals surface area contributed by atoms with Gasteiger partial charge in [0.05, 0.1) is 30.3 Å². The van der Waals surface area contributed by atoms with Gasteiger partial charge in [0, 0.05) is 44.8 Å². The number of nitrogens with zero attached hydrogens (tertiary/aromatic N) is 7. The van der Waals surface area contributed by atoms with E-state index in [1.165, 1.54) is 0 Å². The first-order chi connectivity index (χ1) is 15.7. The molecule has 0 aromatic carbocycles. The normalized spacial score (nSPS) is 14.6. The summed E-state index contributed by atoms with van der Waals surface area (Å²) in [6, 6.07) is 9.49. The molecule has 0 aliphatic carbocycles. The van der Waals surface area contributed by atoms with Crippen LogP contribution >= 0.6 is 0 Å². The summed E-state index contributed by atoms with van der Waals surface area (Å²) in [6.45, 7) is 4.57. The summed E-state index contributed by atoms with van der Waals surface area (Å²) in [5.74, 6) is 0.689. The summed E-state index contributed by atoms with van der Waals surface area (Å²) in [4.78, 5) is 34.9. The molecule has 0 saturated carbocycles. The molecule has 0 spiro atoms. The Morgan fingerprint density at radius 3 is 2.66 bits per heavy atom. The van der Waals surface area contributed by atoms with Crippen LogP contribution in [0.3, 0.4) is 0 Å². The van der Waals surface area contributed by atoms with E-state index in [-0.39, 0.29) is 5.91 Å². The van der Waals surface area contributed by atoms with Crippen LogP contribution in [0.5, 0.6) is 0 Å². The highest BCUT2D eigenvalue weighted by atomic mass is 16.1. The zero-order valence-electron chi connectivity index (χ0n) is 17.8. The topological polar surface area (TPSA) is 92.1 Å². The number of rotatable bonds is 5. The van der Waals surface area contributed by atoms with E-state index in [0.717, 1.165) is 43.2 Å². The highest BCUT2D eigenvalue weighted by Gasteiger charge is 2.16. The monoisotopic (exact) mass is 428 g/mol. The predicted molar refractivity (Wildman–Crippen MR) is 123 cm³/mol. The summed E-state index contributed by atoms with van der Waals surface area (Å²) in [5.41, 5.74) is 3.55. The molecule has 1 N–H and O–H groups in total. The van der Waals surface area contributed by atoms with Crippen LogP contribution in [0.15, 0.2) is 61.4 Å². The van der Waals surface area contributed by atoms with Gasteiger partial charge >= 0.3 is 0 Å². The molecular weight excluding hydrogens is 404 g/mol. The minimum Gasteiger partial charge on any atom is -0.354 e. The maximum Gasteiger partial charge on any atom is 0.257 e. The molecule has 5 rings (SSSR count). The van der Waals surface area contributed by atoms with E-state index in [4.69, 9.17) is 0 Å². The summed E-state index contributed by atoms with van der Waals surface area (Å²) < 4.78 is 1.94. The van der Waals surface area contributed by atoms with E-state index in [0.29, 0.717) is 23.3 Å². The number of hydrogen-bond donors (Lipinski definition) is 1. The average Bonchev–Trinajstić information content (AvgIpc) is 3.23. The molecule has 0 atom stereocenters. The number of anilines is 2. The van der Waals surface area contributed by atoms with E-state index in [1.54, 1.807) is 31.0 Å². The van der Waals surface area contributed by atoms with Gasteiger partial charge in [-0.3, -0.25) is 9.78 Å². The number of pyridine rings is 3. The summed E-state index contributed by atoms with van der Waals surface area (Å²) in [5, 5.41) is 2.90. The maximum absolute atomic E-state index is 12.7. The van der Waals surface area contributed by atoms with E-state index < -0.39 is 0 Å². The molecule has 1 aliphatic rings. The second-order valence-electron chi connectivity index (χ2n) is 7.95. The van der Waals surface area contributed by atoms with E-state index in [9.17, 15) is 4.79 Å². The molecule has 5 heterocycles. The molecule has 9 heteroatoms. The number of carbonyl (C=O) groups is 1. The number of nitrogens with one attached hydrogen (secondary N) is 1. The molecule has 9 nitrogen and oxygen atoms in total. The summed E-state index contributed by atoms with van der Waals surface area (Å²) in [6.07, 6.45) is 8.56. The Kier molecular flexibility index (Phi) is 5.47. The van der Waals surface area contributed by atoms with Gasteiger partial charge in [-0.2, -0.15) is 0 Å². The van der Waals surface area contributed by atoms with Crippen LogP contribution < -0.4 is 10.2 Å². The first-order valence-corrected chi connectivity index (χ1v) is 10.6. The van der Waals surface area contributed by atoms with Gasteiger partial charge in [0.15, 0.2) is 5.65 Å². The molecule has 0 bridgehead atoms. The zero-order valence-corrected chi connectivity index (χ0v) is 17.8. The van der Waals surface area contributed by atoms with Gasteiger partial charge in [0.25, 0.3) is 5.91 Å². The van der Waals surface area contributed by atoms with E-state index in [2.05, 4.69) is 42.1 Å². The van der Waals surface area contributed by atoms with Crippen molar-refractivity contribution < 1.29 is 4.79 Å². The van der Waals surface area contributed by atoms with Crippen molar-refractivity contribution in [3.05, 3.63) is 72.6 Å². The Labute approximate surface area is 185 Å². The number of fused-ring (bicyclic) bond motifs is 1. The number of amides is 1. The number of piperazine rings is 1. The van der Waals surface area contributed by atoms with Crippen molar-refractivity contribution in [2.24, 2.45) is 0 Å². The van der Waals surface area contributed by atoms with Crippen molar-refractivity contribution in [1.29, 1.82) is 0 Å². The van der Waals surface area contributed by atoms with Crippen LogP contribution in [0, 0.1) is 0 Å². The second-order valence-corrected chi connectivity index (χ2v) is 7.95. The molecule has 1 fully saturated rings. The number of aromatic nitrogens is 5. The standard InChI is InChI=1S/C23H24N8O/c1-29-7-9-30(10-8-29)21-5-4-19(14-25-21)28-23(32)18-11-20-22(26-13-18)31(16-27-20)15-17-3-2-6-24-12-17/h2-6,11-14,16H,7-10,15H2,1H3,(H,28,32). The SMILES string of the molecule is CN1CCN(c2ccc(NC(=O)c3cnc4c(c3)ncn4Cc3cccnc3)cn2)CC1. The molecule has 4 aromatic heterocycles. The minimum atomic E-state index is -0.240. The first kappa shape index (κ1) is 20.1. The van der Waals surface area contributed by atoms with Gasteiger partial charge in [-0.15, -0.1) is 0 Å². The lowest BCUT2D eigenvalue weighted by molar-refractivity contribution is 0.102. The molecule has 0 unspecified atom stereocenters. The molecule has 32 heavy (non-hydrogen) atoms. The third kappa shape index (κ3) is 4.28. The van der Waals surface area contributed by atoms with Crippen molar-refractivity contribution in [3.8, 4) is 0 Å². The maximum atomic E-state index is 12.7. The van der Waals surface area contributed by atoms with Crippen molar-refractivity contribution in [2.45, 2.75) is 6.54 Å². The molecule has 1 saturated heterocycles. The van der Waals surface area contributed by atoms with Gasteiger partial charge in [-0.25, -0.2) is 15.0 Å². The van der Waals surface area contributed by atoms with Gasteiger partial charge < -0.3 is 19.7 Å². The van der Waals surface area contributed by atoms with Crippen molar-refractivity contribution in [3.63, 3.8) is 0 Å². The van der Waals surface area contributed by atoms with E-state index >= 15 is 0 Å². The Balaban J connectivity index is 1.26. The first-order valence-electron chi connectivity index (χ1n) is 10.6. The van der Waals surface area contributed by atoms with Crippen molar-refractivity contribution >= 4 is 28.6 Å². The van der Waals surface area contributed by atoms with Gasteiger partial charge in [-0.05, 0) is 36.9 Å². The number of hydrogen-bond acceptors (Lipinski definition) is 7. The van der Waals surface area contributed by atoms with Crippen molar-refractivity contribution in [2.75, 3.05) is 43.4 Å². The third-order valence-corrected chi connectivity index (χ3v) is 5.63. The Morgan fingerprint density at radius 1 is 1.03 bits per heavy atom. The van der Waals surface area contributed by atoms with Crippen molar-refractivity contribution in [1.82, 2.24) is 29.4 Å². The molecule has 1 aliphatic heterocycles. The van der Waals surface area contributed by atoms with Crippen LogP contribution in [0.25, 0.3) is 11.2 Å². The van der Waals surface area contributed by atoms with Gasteiger partial charge in [0.2, 0.25) is 0 Å². The number of imidazole rings is 1. The molecule has 4 aromatic rings. The lowest BCUT2D eigenvalue weighted by Gasteiger charge is -2.33. The summed E-state index contributed by atoms with van der Waals surface area (Å²) >= 11 is 0. The molecule has 0 radical (unpaired) electrons. The largest absolute Gasteiger partial charge is 0.354 e. The van der Waals surface area contributed by atoms with Crippen LogP contribution in [0.2, 0.25) is 0 Å². The minimum absolute atomic E-state index is 0.240. The van der Waals surface area contributed by atoms with Crippen LogP contribution in [-0.4, -0.2) is 68.5 Å². The summed E-state index contributed by atoms with van der Waals surface area (Å²) in [7, 11) is 2.13. The van der Waals surface area contributed by atoms with Gasteiger partial charge in [0.1, 0.15) is 11.3 Å². The van der Waals surface area contributed by atoms with E-state index in [1.807, 2.05) is 35.0 Å². The highest BCUT2D eigenvalue weighted by molar-refractivity contribution is 6.05. The van der Waals surface area contributed by atoms with Crippen LogP contribution in [-0.2, 0) is 6.54 Å². The Morgan fingerprint density at radius 2 is 1.91 bits per heavy atom. The lowest BCUT2D eigenvalue weighted by atomic mass is 10.2. The van der Waals surface area contributed by atoms with Crippen LogP contribution in [0.1, 0.15) is 15.9 Å². The smallest absolute Gasteiger partial charge is 0.257 e. The lowest BCUT2D eigenvalue weighted by Crippen LogP contribution is -2.44. The number of carbonyl (C=O) groups excluding carboxylic acids is 1. The fourth-order valence-electron chi connectivity index (χ4n) is 3.76. The second kappa shape index (κ2) is 8.72. The quantitative estimate of drug-likeness (QED) is 0.521. The highest BCUT2D eigenvalue weighted by Crippen LogP contribution is 2.18. The predicted octanol–water partition coefficient (Wildman–Crippen LogP) is 2.27. The Hall–Kier alpha value is -3.85. The third-order valence-electron chi connectivity index (χ3n) is 5.63. The van der Waals surface area contributed by atoms with Crippen LogP contribution in [0.4, 0.5) is 11.5 Å². The Bertz CT molecular complexity index is 1210. The molecular formula is C23H24N8O. The number of likely N-dealkylation sites (N-methyl/N-ethyl adjacent to an activating group) is 1. The average molecular weight is 429 g/mol. The van der Waals surface area contributed by atoms with Gasteiger partial charge in [-0.1, -0.05) is 6.07 Å². The fraction of sp³-hybridized carbons (Fsp3) is 0.261.